The van der Waals surface area contributed by atoms with Crippen LogP contribution in [0.3, 0.4) is 0 Å². The number of anilines is 1. The van der Waals surface area contributed by atoms with Crippen molar-refractivity contribution >= 4 is 17.3 Å². The Labute approximate surface area is 69.1 Å². The molecule has 1 aromatic carbocycles. The summed E-state index contributed by atoms with van der Waals surface area (Å²) >= 11 is 5.52. The van der Waals surface area contributed by atoms with Crippen molar-refractivity contribution in [3.8, 4) is 0 Å². The molecule has 0 amide bonds. The first kappa shape index (κ1) is 8.30. The van der Waals surface area contributed by atoms with E-state index in [0.717, 1.165) is 5.56 Å². The maximum atomic E-state index is 12.7. The van der Waals surface area contributed by atoms with Gasteiger partial charge in [-0.05, 0) is 17.7 Å². The number of benzene rings is 1. The number of rotatable bonds is 2. The fourth-order valence-electron chi connectivity index (χ4n) is 0.766. The molecule has 0 radical (unpaired) electrons. The van der Waals surface area contributed by atoms with E-state index in [-0.39, 0.29) is 11.5 Å². The highest BCUT2D eigenvalue weighted by atomic mass is 35.5. The first-order valence-electron chi connectivity index (χ1n) is 3.09. The van der Waals surface area contributed by atoms with Crippen LogP contribution in [0.25, 0.3) is 0 Å². The number of nitrogen functional groups attached to an aromatic ring is 1. The molecular weight excluding hydrogens is 167 g/mol. The van der Waals surface area contributed by atoms with Gasteiger partial charge in [-0.2, -0.15) is 0 Å². The van der Waals surface area contributed by atoms with Gasteiger partial charge in [-0.1, -0.05) is 6.07 Å². The predicted molar refractivity (Wildman–Crippen MR) is 43.8 cm³/mol. The highest BCUT2D eigenvalue weighted by Crippen LogP contribution is 2.15. The third kappa shape index (κ3) is 1.82. The molecular formula is C7H8ClFN2. The molecule has 2 nitrogen and oxygen atoms in total. The van der Waals surface area contributed by atoms with Crippen LogP contribution in [-0.2, 0) is 5.88 Å². The van der Waals surface area contributed by atoms with Gasteiger partial charge in [-0.15, -0.1) is 11.6 Å². The summed E-state index contributed by atoms with van der Waals surface area (Å²) in [5.41, 5.74) is 3.34. The van der Waals surface area contributed by atoms with Crippen molar-refractivity contribution in [1.29, 1.82) is 0 Å². The molecule has 0 unspecified atom stereocenters. The van der Waals surface area contributed by atoms with Crippen molar-refractivity contribution in [2.45, 2.75) is 5.88 Å². The minimum Gasteiger partial charge on any atom is -0.321 e. The average Bonchev–Trinajstić information content (AvgIpc) is 2.05. The lowest BCUT2D eigenvalue weighted by Gasteiger charge is -2.02. The molecule has 0 spiro atoms. The molecule has 0 bridgehead atoms. The van der Waals surface area contributed by atoms with Gasteiger partial charge in [0.1, 0.15) is 5.82 Å². The van der Waals surface area contributed by atoms with E-state index in [2.05, 4.69) is 5.43 Å². The van der Waals surface area contributed by atoms with Gasteiger partial charge in [0.05, 0.1) is 5.69 Å². The molecule has 0 heterocycles. The normalized spacial score (nSPS) is 9.73. The molecule has 0 saturated carbocycles. The molecule has 0 fully saturated rings. The quantitative estimate of drug-likeness (QED) is 0.408. The summed E-state index contributed by atoms with van der Waals surface area (Å²) in [4.78, 5) is 0. The Bertz CT molecular complexity index is 252. The molecule has 0 saturated heterocycles. The van der Waals surface area contributed by atoms with E-state index in [0.29, 0.717) is 5.88 Å². The second-order valence-corrected chi connectivity index (χ2v) is 2.36. The summed E-state index contributed by atoms with van der Waals surface area (Å²) in [7, 11) is 0. The summed E-state index contributed by atoms with van der Waals surface area (Å²) in [5.74, 6) is 5.02. The largest absolute Gasteiger partial charge is 0.321 e. The maximum Gasteiger partial charge on any atom is 0.147 e. The minimum absolute atomic E-state index is 0.267. The molecule has 1 aromatic rings. The zero-order chi connectivity index (χ0) is 8.27. The van der Waals surface area contributed by atoms with Gasteiger partial charge in [0, 0.05) is 5.88 Å². The molecule has 0 aromatic heterocycles. The topological polar surface area (TPSA) is 38.0 Å². The summed E-state index contributed by atoms with van der Waals surface area (Å²) < 4.78 is 12.7. The predicted octanol–water partition coefficient (Wildman–Crippen LogP) is 1.85. The minimum atomic E-state index is -0.374. The Kier molecular flexibility index (Phi) is 2.68. The Morgan fingerprint density at radius 3 is 2.82 bits per heavy atom. The first-order valence-corrected chi connectivity index (χ1v) is 3.62. The fourth-order valence-corrected chi connectivity index (χ4v) is 0.932. The van der Waals surface area contributed by atoms with Crippen LogP contribution in [0.1, 0.15) is 5.56 Å². The van der Waals surface area contributed by atoms with Crippen molar-refractivity contribution in [1.82, 2.24) is 0 Å². The fraction of sp³-hybridized carbons (Fsp3) is 0.143. The zero-order valence-electron chi connectivity index (χ0n) is 5.77. The lowest BCUT2D eigenvalue weighted by Crippen LogP contribution is -2.08. The highest BCUT2D eigenvalue weighted by molar-refractivity contribution is 6.17. The standard InChI is InChI=1S/C7H8ClFN2/c8-4-5-1-2-6(9)7(3-5)11-10/h1-3,11H,4,10H2. The van der Waals surface area contributed by atoms with Crippen molar-refractivity contribution in [2.75, 3.05) is 5.43 Å². The number of halogens is 2. The van der Waals surface area contributed by atoms with Crippen LogP contribution in [-0.4, -0.2) is 0 Å². The second-order valence-electron chi connectivity index (χ2n) is 2.09. The third-order valence-electron chi connectivity index (χ3n) is 1.34. The third-order valence-corrected chi connectivity index (χ3v) is 1.65. The van der Waals surface area contributed by atoms with Crippen LogP contribution in [0.5, 0.6) is 0 Å². The first-order chi connectivity index (χ1) is 5.27. The smallest absolute Gasteiger partial charge is 0.147 e. The van der Waals surface area contributed by atoms with Crippen molar-refractivity contribution < 1.29 is 4.39 Å². The van der Waals surface area contributed by atoms with Crippen LogP contribution in [0.4, 0.5) is 10.1 Å². The van der Waals surface area contributed by atoms with Gasteiger partial charge < -0.3 is 5.43 Å². The van der Waals surface area contributed by atoms with E-state index in [1.807, 2.05) is 0 Å². The van der Waals surface area contributed by atoms with Crippen molar-refractivity contribution in [2.24, 2.45) is 5.84 Å². The Morgan fingerprint density at radius 2 is 2.27 bits per heavy atom. The van der Waals surface area contributed by atoms with Gasteiger partial charge in [0.2, 0.25) is 0 Å². The van der Waals surface area contributed by atoms with Crippen LogP contribution in [0.15, 0.2) is 18.2 Å². The molecule has 3 N–H and O–H groups in total. The molecule has 0 aliphatic heterocycles. The van der Waals surface area contributed by atoms with Gasteiger partial charge >= 0.3 is 0 Å². The molecule has 11 heavy (non-hydrogen) atoms. The molecule has 1 rings (SSSR count). The van der Waals surface area contributed by atoms with Gasteiger partial charge in [0.15, 0.2) is 0 Å². The van der Waals surface area contributed by atoms with Gasteiger partial charge in [0.25, 0.3) is 0 Å². The van der Waals surface area contributed by atoms with Crippen LogP contribution >= 0.6 is 11.6 Å². The van der Waals surface area contributed by atoms with Crippen LogP contribution in [0.2, 0.25) is 0 Å². The van der Waals surface area contributed by atoms with E-state index < -0.39 is 0 Å². The van der Waals surface area contributed by atoms with Crippen molar-refractivity contribution in [3.05, 3.63) is 29.6 Å². The maximum absolute atomic E-state index is 12.7. The van der Waals surface area contributed by atoms with E-state index >= 15 is 0 Å². The Hall–Kier alpha value is -0.800. The van der Waals surface area contributed by atoms with E-state index in [1.54, 1.807) is 12.1 Å². The van der Waals surface area contributed by atoms with Crippen LogP contribution in [0, 0.1) is 5.82 Å². The van der Waals surface area contributed by atoms with Gasteiger partial charge in [-0.25, -0.2) is 4.39 Å². The number of alkyl halides is 1. The number of nitrogens with one attached hydrogen (secondary N) is 1. The SMILES string of the molecule is NNc1cc(CCl)ccc1F. The average molecular weight is 175 g/mol. The number of hydrazine groups is 1. The Morgan fingerprint density at radius 1 is 1.55 bits per heavy atom. The number of hydrogen-bond donors (Lipinski definition) is 2. The van der Waals surface area contributed by atoms with E-state index in [4.69, 9.17) is 17.4 Å². The highest BCUT2D eigenvalue weighted by Gasteiger charge is 1.99. The molecule has 0 aliphatic rings. The number of hydrogen-bond acceptors (Lipinski definition) is 2. The Balaban J connectivity index is 3.02. The lowest BCUT2D eigenvalue weighted by atomic mass is 10.2. The molecule has 0 atom stereocenters. The molecule has 60 valence electrons. The van der Waals surface area contributed by atoms with Crippen molar-refractivity contribution in [3.63, 3.8) is 0 Å². The van der Waals surface area contributed by atoms with E-state index in [1.165, 1.54) is 6.07 Å². The van der Waals surface area contributed by atoms with E-state index in [9.17, 15) is 4.39 Å². The summed E-state index contributed by atoms with van der Waals surface area (Å²) in [6.45, 7) is 0. The lowest BCUT2D eigenvalue weighted by molar-refractivity contribution is 0.630. The van der Waals surface area contributed by atoms with Gasteiger partial charge in [-0.3, -0.25) is 5.84 Å². The molecule has 0 aliphatic carbocycles. The summed E-state index contributed by atoms with van der Waals surface area (Å²) in [6, 6.07) is 4.51. The summed E-state index contributed by atoms with van der Waals surface area (Å²) in [5, 5.41) is 0. The van der Waals surface area contributed by atoms with Crippen LogP contribution < -0.4 is 11.3 Å². The second kappa shape index (κ2) is 3.55. The zero-order valence-corrected chi connectivity index (χ0v) is 6.53. The monoisotopic (exact) mass is 174 g/mol. The molecule has 4 heteroatoms. The number of nitrogens with two attached hydrogens (primary N) is 1. The summed E-state index contributed by atoms with van der Waals surface area (Å²) in [6.07, 6.45) is 0.